The summed E-state index contributed by atoms with van der Waals surface area (Å²) >= 11 is 5.93. The van der Waals surface area contributed by atoms with Gasteiger partial charge in [0.25, 0.3) is 0 Å². The maximum Gasteiger partial charge on any atom is 0.573 e. The van der Waals surface area contributed by atoms with Gasteiger partial charge < -0.3 is 15.2 Å². The predicted octanol–water partition coefficient (Wildman–Crippen LogP) is 3.18. The summed E-state index contributed by atoms with van der Waals surface area (Å²) < 4.78 is 46.0. The molecule has 124 valence electrons. The highest BCUT2D eigenvalue weighted by Gasteiger charge is 2.31. The van der Waals surface area contributed by atoms with Gasteiger partial charge in [-0.25, -0.2) is 9.48 Å². The maximum absolute atomic E-state index is 12.1. The summed E-state index contributed by atoms with van der Waals surface area (Å²) in [5, 5.41) is 3.83. The average Bonchev–Trinajstić information content (AvgIpc) is 2.75. The molecular formula is C13H11ClF3N3O3. The molecule has 0 saturated carbocycles. The summed E-state index contributed by atoms with van der Waals surface area (Å²) in [5.74, 6) is -1.19. The molecule has 6 nitrogen and oxygen atoms in total. The normalized spacial score (nSPS) is 11.3. The third-order valence-corrected chi connectivity index (χ3v) is 3.02. The third-order valence-electron chi connectivity index (χ3n) is 2.64. The third kappa shape index (κ3) is 3.86. The van der Waals surface area contributed by atoms with Gasteiger partial charge in [0.15, 0.2) is 5.69 Å². The number of nitrogen functional groups attached to an aromatic ring is 1. The van der Waals surface area contributed by atoms with Crippen LogP contribution in [0.5, 0.6) is 5.75 Å². The van der Waals surface area contributed by atoms with Gasteiger partial charge in [0.1, 0.15) is 16.6 Å². The maximum atomic E-state index is 12.1. The van der Waals surface area contributed by atoms with E-state index in [1.807, 2.05) is 0 Å². The number of esters is 1. The topological polar surface area (TPSA) is 79.4 Å². The molecule has 2 rings (SSSR count). The van der Waals surface area contributed by atoms with Crippen molar-refractivity contribution in [2.24, 2.45) is 0 Å². The van der Waals surface area contributed by atoms with E-state index in [4.69, 9.17) is 22.1 Å². The van der Waals surface area contributed by atoms with E-state index in [9.17, 15) is 18.0 Å². The number of nitrogens with two attached hydrogens (primary N) is 1. The summed E-state index contributed by atoms with van der Waals surface area (Å²) in [6.45, 7) is 1.75. The molecule has 0 aliphatic rings. The number of aromatic nitrogens is 2. The van der Waals surface area contributed by atoms with Crippen LogP contribution in [-0.4, -0.2) is 28.7 Å². The van der Waals surface area contributed by atoms with Crippen LogP contribution in [0.25, 0.3) is 5.69 Å². The Morgan fingerprint density at radius 3 is 2.48 bits per heavy atom. The zero-order valence-electron chi connectivity index (χ0n) is 11.7. The van der Waals surface area contributed by atoms with Gasteiger partial charge in [-0.15, -0.1) is 13.2 Å². The number of rotatable bonds is 4. The molecule has 0 aliphatic heterocycles. The molecule has 0 saturated heterocycles. The average molecular weight is 350 g/mol. The molecule has 0 amide bonds. The van der Waals surface area contributed by atoms with E-state index in [2.05, 4.69) is 9.84 Å². The number of hydrogen-bond acceptors (Lipinski definition) is 5. The van der Waals surface area contributed by atoms with Crippen molar-refractivity contribution in [1.29, 1.82) is 0 Å². The van der Waals surface area contributed by atoms with E-state index in [-0.39, 0.29) is 23.1 Å². The first-order valence-corrected chi connectivity index (χ1v) is 6.68. The molecule has 10 heteroatoms. The number of hydrogen-bond donors (Lipinski definition) is 1. The molecule has 1 heterocycles. The Hall–Kier alpha value is -2.42. The Labute approximate surface area is 133 Å². The quantitative estimate of drug-likeness (QED) is 0.857. The van der Waals surface area contributed by atoms with Gasteiger partial charge in [-0.2, -0.15) is 5.10 Å². The second-order valence-corrected chi connectivity index (χ2v) is 4.60. The second kappa shape index (κ2) is 6.37. The van der Waals surface area contributed by atoms with Crippen molar-refractivity contribution in [3.05, 3.63) is 35.0 Å². The Morgan fingerprint density at radius 2 is 1.96 bits per heavy atom. The lowest BCUT2D eigenvalue weighted by Crippen LogP contribution is -2.17. The van der Waals surface area contributed by atoms with Crippen LogP contribution in [0, 0.1) is 0 Å². The number of halogens is 4. The molecule has 0 aliphatic carbocycles. The number of carbonyl (C=O) groups excluding carboxylic acids is 1. The lowest BCUT2D eigenvalue weighted by molar-refractivity contribution is -0.274. The fourth-order valence-electron chi connectivity index (χ4n) is 1.73. The lowest BCUT2D eigenvalue weighted by atomic mass is 10.3. The highest BCUT2D eigenvalue weighted by molar-refractivity contribution is 6.35. The van der Waals surface area contributed by atoms with Crippen LogP contribution in [0.4, 0.5) is 19.0 Å². The Kier molecular flexibility index (Phi) is 4.69. The van der Waals surface area contributed by atoms with Crippen LogP contribution >= 0.6 is 11.6 Å². The molecule has 1 aromatic heterocycles. The summed E-state index contributed by atoms with van der Waals surface area (Å²) in [5.41, 5.74) is 5.88. The zero-order chi connectivity index (χ0) is 17.2. The molecule has 0 atom stereocenters. The fourth-order valence-corrected chi connectivity index (χ4v) is 1.92. The van der Waals surface area contributed by atoms with Crippen LogP contribution in [0.15, 0.2) is 24.3 Å². The molecule has 0 bridgehead atoms. The molecular weight excluding hydrogens is 339 g/mol. The smallest absolute Gasteiger partial charge is 0.461 e. The minimum Gasteiger partial charge on any atom is -0.461 e. The first-order chi connectivity index (χ1) is 10.7. The van der Waals surface area contributed by atoms with E-state index >= 15 is 0 Å². The molecule has 0 fully saturated rings. The van der Waals surface area contributed by atoms with E-state index < -0.39 is 18.1 Å². The van der Waals surface area contributed by atoms with Crippen molar-refractivity contribution in [3.63, 3.8) is 0 Å². The lowest BCUT2D eigenvalue weighted by Gasteiger charge is -2.09. The molecule has 0 radical (unpaired) electrons. The predicted molar refractivity (Wildman–Crippen MR) is 75.6 cm³/mol. The van der Waals surface area contributed by atoms with Crippen LogP contribution < -0.4 is 10.5 Å². The highest BCUT2D eigenvalue weighted by Crippen LogP contribution is 2.28. The summed E-state index contributed by atoms with van der Waals surface area (Å²) in [7, 11) is 0. The molecule has 0 spiro atoms. The molecule has 0 unspecified atom stereocenters. The highest BCUT2D eigenvalue weighted by atomic mass is 35.5. The number of ether oxygens (including phenoxy) is 2. The van der Waals surface area contributed by atoms with E-state index in [0.29, 0.717) is 5.69 Å². The largest absolute Gasteiger partial charge is 0.573 e. The Morgan fingerprint density at radius 1 is 1.35 bits per heavy atom. The van der Waals surface area contributed by atoms with Gasteiger partial charge in [-0.05, 0) is 31.2 Å². The first kappa shape index (κ1) is 16.9. The number of benzene rings is 1. The standard InChI is InChI=1S/C13H11ClF3N3O3/c1-2-22-12(21)10-9(14)11(18)20(19-10)7-3-5-8(6-4-7)23-13(15,16)17/h3-6H,2,18H2,1H3. The van der Waals surface area contributed by atoms with Crippen molar-refractivity contribution in [3.8, 4) is 11.4 Å². The number of carbonyl (C=O) groups is 1. The Balaban J connectivity index is 2.32. The molecule has 23 heavy (non-hydrogen) atoms. The minimum absolute atomic E-state index is 0.0424. The number of anilines is 1. The fraction of sp³-hybridized carbons (Fsp3) is 0.231. The summed E-state index contributed by atoms with van der Waals surface area (Å²) in [4.78, 5) is 11.7. The van der Waals surface area contributed by atoms with Crippen molar-refractivity contribution >= 4 is 23.4 Å². The van der Waals surface area contributed by atoms with Gasteiger partial charge in [0.2, 0.25) is 0 Å². The Bertz CT molecular complexity index is 714. The van der Waals surface area contributed by atoms with Crippen molar-refractivity contribution in [2.45, 2.75) is 13.3 Å². The first-order valence-electron chi connectivity index (χ1n) is 6.30. The van der Waals surface area contributed by atoms with Crippen molar-refractivity contribution < 1.29 is 27.4 Å². The number of alkyl halides is 3. The van der Waals surface area contributed by atoms with Crippen LogP contribution in [0.1, 0.15) is 17.4 Å². The van der Waals surface area contributed by atoms with Gasteiger partial charge >= 0.3 is 12.3 Å². The van der Waals surface area contributed by atoms with Crippen LogP contribution in [0.3, 0.4) is 0 Å². The zero-order valence-corrected chi connectivity index (χ0v) is 12.5. The van der Waals surface area contributed by atoms with Gasteiger partial charge in [0, 0.05) is 0 Å². The summed E-state index contributed by atoms with van der Waals surface area (Å²) in [6, 6.07) is 4.75. The molecule has 2 N–H and O–H groups in total. The van der Waals surface area contributed by atoms with E-state index in [1.54, 1.807) is 6.92 Å². The SMILES string of the molecule is CCOC(=O)c1nn(-c2ccc(OC(F)(F)F)cc2)c(N)c1Cl. The van der Waals surface area contributed by atoms with Crippen molar-refractivity contribution in [2.75, 3.05) is 12.3 Å². The minimum atomic E-state index is -4.79. The van der Waals surface area contributed by atoms with Gasteiger partial charge in [-0.1, -0.05) is 11.6 Å². The van der Waals surface area contributed by atoms with Crippen LogP contribution in [0.2, 0.25) is 5.02 Å². The number of nitrogens with zero attached hydrogens (tertiary/aromatic N) is 2. The van der Waals surface area contributed by atoms with E-state index in [1.165, 1.54) is 12.1 Å². The van der Waals surface area contributed by atoms with Crippen molar-refractivity contribution in [1.82, 2.24) is 9.78 Å². The summed E-state index contributed by atoms with van der Waals surface area (Å²) in [6.07, 6.45) is -4.79. The van der Waals surface area contributed by atoms with E-state index in [0.717, 1.165) is 16.8 Å². The monoisotopic (exact) mass is 349 g/mol. The van der Waals surface area contributed by atoms with Gasteiger partial charge in [0.05, 0.1) is 12.3 Å². The van der Waals surface area contributed by atoms with Gasteiger partial charge in [-0.3, -0.25) is 0 Å². The molecule has 2 aromatic rings. The van der Waals surface area contributed by atoms with Crippen LogP contribution in [-0.2, 0) is 4.74 Å². The molecule has 1 aromatic carbocycles. The second-order valence-electron chi connectivity index (χ2n) is 4.22.